The molecular weight excluding hydrogens is 204 g/mol. The molecule has 0 fully saturated rings. The van der Waals surface area contributed by atoms with Crippen molar-refractivity contribution < 1.29 is 14.9 Å². The Labute approximate surface area is 87.9 Å². The molecule has 0 bridgehead atoms. The maximum atomic E-state index is 9.54. The van der Waals surface area contributed by atoms with E-state index in [4.69, 9.17) is 21.4 Å². The average Bonchev–Trinajstić information content (AvgIpc) is 2.16. The van der Waals surface area contributed by atoms with Crippen LogP contribution in [0.2, 0.25) is 5.02 Å². The third-order valence-corrected chi connectivity index (χ3v) is 2.27. The summed E-state index contributed by atoms with van der Waals surface area (Å²) in [6.07, 6.45) is -1.74. The maximum Gasteiger partial charge on any atom is 0.137 e. The number of methoxy groups -OCH3 is 1. The molecule has 0 unspecified atom stereocenters. The highest BCUT2D eigenvalue weighted by molar-refractivity contribution is 6.32. The summed E-state index contributed by atoms with van der Waals surface area (Å²) in [4.78, 5) is 0. The molecule has 1 aromatic rings. The summed E-state index contributed by atoms with van der Waals surface area (Å²) in [6.45, 7) is 1.52. The van der Waals surface area contributed by atoms with Crippen LogP contribution in [0, 0.1) is 0 Å². The maximum absolute atomic E-state index is 9.54. The van der Waals surface area contributed by atoms with Gasteiger partial charge in [-0.25, -0.2) is 0 Å². The third-order valence-electron chi connectivity index (χ3n) is 1.97. The van der Waals surface area contributed by atoms with Crippen molar-refractivity contribution in [2.24, 2.45) is 0 Å². The van der Waals surface area contributed by atoms with Crippen LogP contribution in [0.25, 0.3) is 0 Å². The Morgan fingerprint density at radius 3 is 2.43 bits per heavy atom. The van der Waals surface area contributed by atoms with Crippen molar-refractivity contribution in [2.75, 3.05) is 7.11 Å². The Balaban J connectivity index is 2.96. The predicted octanol–water partition coefficient (Wildman–Crippen LogP) is 1.76. The van der Waals surface area contributed by atoms with Crippen LogP contribution in [-0.4, -0.2) is 23.4 Å². The zero-order chi connectivity index (χ0) is 10.7. The van der Waals surface area contributed by atoms with E-state index in [0.29, 0.717) is 16.3 Å². The Morgan fingerprint density at radius 2 is 2.00 bits per heavy atom. The van der Waals surface area contributed by atoms with Crippen molar-refractivity contribution in [1.82, 2.24) is 0 Å². The molecule has 78 valence electrons. The molecule has 0 saturated carbocycles. The summed E-state index contributed by atoms with van der Waals surface area (Å²) in [5, 5.41) is 19.1. The van der Waals surface area contributed by atoms with Crippen LogP contribution in [0.3, 0.4) is 0 Å². The van der Waals surface area contributed by atoms with Crippen LogP contribution in [0.1, 0.15) is 18.6 Å². The molecular formula is C10H13ClO3. The average molecular weight is 217 g/mol. The lowest BCUT2D eigenvalue weighted by atomic mass is 10.1. The number of rotatable bonds is 3. The second kappa shape index (κ2) is 4.64. The second-order valence-electron chi connectivity index (χ2n) is 3.08. The van der Waals surface area contributed by atoms with E-state index in [-0.39, 0.29) is 0 Å². The summed E-state index contributed by atoms with van der Waals surface area (Å²) in [7, 11) is 1.52. The van der Waals surface area contributed by atoms with E-state index in [9.17, 15) is 5.11 Å². The lowest BCUT2D eigenvalue weighted by molar-refractivity contribution is 0.0305. The fourth-order valence-electron chi connectivity index (χ4n) is 1.15. The Bertz CT molecular complexity index is 312. The fourth-order valence-corrected chi connectivity index (χ4v) is 1.41. The molecule has 2 atom stereocenters. The lowest BCUT2D eigenvalue weighted by Gasteiger charge is -2.14. The highest BCUT2D eigenvalue weighted by Gasteiger charge is 2.14. The van der Waals surface area contributed by atoms with E-state index >= 15 is 0 Å². The Kier molecular flexibility index (Phi) is 3.75. The van der Waals surface area contributed by atoms with Gasteiger partial charge in [-0.05, 0) is 24.6 Å². The van der Waals surface area contributed by atoms with Gasteiger partial charge in [-0.1, -0.05) is 17.7 Å². The van der Waals surface area contributed by atoms with Gasteiger partial charge in [0.25, 0.3) is 0 Å². The lowest BCUT2D eigenvalue weighted by Crippen LogP contribution is -2.13. The van der Waals surface area contributed by atoms with Crippen LogP contribution in [-0.2, 0) is 0 Å². The van der Waals surface area contributed by atoms with Gasteiger partial charge in [-0.2, -0.15) is 0 Å². The van der Waals surface area contributed by atoms with Crippen LogP contribution in [0.15, 0.2) is 18.2 Å². The Morgan fingerprint density at radius 1 is 1.36 bits per heavy atom. The van der Waals surface area contributed by atoms with Gasteiger partial charge in [-0.3, -0.25) is 0 Å². The first kappa shape index (κ1) is 11.3. The minimum absolute atomic E-state index is 0.421. The summed E-state index contributed by atoms with van der Waals surface area (Å²) in [5.74, 6) is 0.549. The van der Waals surface area contributed by atoms with Gasteiger partial charge in [0.15, 0.2) is 0 Å². The number of hydrogen-bond acceptors (Lipinski definition) is 3. The van der Waals surface area contributed by atoms with E-state index in [2.05, 4.69) is 0 Å². The van der Waals surface area contributed by atoms with Crippen molar-refractivity contribution in [1.29, 1.82) is 0 Å². The van der Waals surface area contributed by atoms with E-state index in [1.54, 1.807) is 18.2 Å². The predicted molar refractivity (Wildman–Crippen MR) is 54.6 cm³/mol. The van der Waals surface area contributed by atoms with Gasteiger partial charge >= 0.3 is 0 Å². The SMILES string of the molecule is COc1ccc([C@@H](O)[C@@H](C)O)cc1Cl. The quantitative estimate of drug-likeness (QED) is 0.810. The van der Waals surface area contributed by atoms with E-state index in [1.807, 2.05) is 0 Å². The number of hydrogen-bond donors (Lipinski definition) is 2. The van der Waals surface area contributed by atoms with Crippen LogP contribution >= 0.6 is 11.6 Å². The van der Waals surface area contributed by atoms with E-state index in [1.165, 1.54) is 14.0 Å². The van der Waals surface area contributed by atoms with Crippen LogP contribution < -0.4 is 4.74 Å². The summed E-state index contributed by atoms with van der Waals surface area (Å²) >= 11 is 5.86. The van der Waals surface area contributed by atoms with Gasteiger partial charge in [0.05, 0.1) is 18.2 Å². The van der Waals surface area contributed by atoms with Gasteiger partial charge in [0.2, 0.25) is 0 Å². The van der Waals surface area contributed by atoms with Crippen molar-refractivity contribution >= 4 is 11.6 Å². The number of benzene rings is 1. The topological polar surface area (TPSA) is 49.7 Å². The number of halogens is 1. The van der Waals surface area contributed by atoms with Crippen molar-refractivity contribution in [3.63, 3.8) is 0 Å². The highest BCUT2D eigenvalue weighted by atomic mass is 35.5. The molecule has 0 saturated heterocycles. The number of aliphatic hydroxyl groups is 2. The molecule has 3 nitrogen and oxygen atoms in total. The monoisotopic (exact) mass is 216 g/mol. The normalized spacial score (nSPS) is 14.9. The van der Waals surface area contributed by atoms with Gasteiger partial charge in [0, 0.05) is 0 Å². The molecule has 0 aliphatic carbocycles. The molecule has 0 aliphatic rings. The van der Waals surface area contributed by atoms with Crippen molar-refractivity contribution in [3.8, 4) is 5.75 Å². The van der Waals surface area contributed by atoms with Crippen molar-refractivity contribution in [3.05, 3.63) is 28.8 Å². The van der Waals surface area contributed by atoms with E-state index < -0.39 is 12.2 Å². The molecule has 2 N–H and O–H groups in total. The van der Waals surface area contributed by atoms with E-state index in [0.717, 1.165) is 0 Å². The molecule has 1 rings (SSSR count). The molecule has 4 heteroatoms. The molecule has 0 amide bonds. The molecule has 0 aromatic heterocycles. The summed E-state index contributed by atoms with van der Waals surface area (Å²) < 4.78 is 4.96. The summed E-state index contributed by atoms with van der Waals surface area (Å²) in [6, 6.07) is 4.91. The smallest absolute Gasteiger partial charge is 0.137 e. The largest absolute Gasteiger partial charge is 0.495 e. The number of aliphatic hydroxyl groups excluding tert-OH is 2. The molecule has 0 heterocycles. The van der Waals surface area contributed by atoms with Gasteiger partial charge in [-0.15, -0.1) is 0 Å². The van der Waals surface area contributed by atoms with Crippen LogP contribution in [0.5, 0.6) is 5.75 Å². The highest BCUT2D eigenvalue weighted by Crippen LogP contribution is 2.28. The minimum atomic E-state index is -0.918. The molecule has 14 heavy (non-hydrogen) atoms. The first-order valence-electron chi connectivity index (χ1n) is 4.26. The minimum Gasteiger partial charge on any atom is -0.495 e. The summed E-state index contributed by atoms with van der Waals surface area (Å²) in [5.41, 5.74) is 0.575. The zero-order valence-corrected chi connectivity index (χ0v) is 8.82. The van der Waals surface area contributed by atoms with Gasteiger partial charge < -0.3 is 14.9 Å². The molecule has 1 aromatic carbocycles. The van der Waals surface area contributed by atoms with Crippen molar-refractivity contribution in [2.45, 2.75) is 19.1 Å². The fraction of sp³-hybridized carbons (Fsp3) is 0.400. The third kappa shape index (κ3) is 2.38. The first-order chi connectivity index (χ1) is 6.56. The standard InChI is InChI=1S/C10H13ClO3/c1-6(12)10(13)7-3-4-9(14-2)8(11)5-7/h3-6,10,12-13H,1-2H3/t6-,10+/m1/s1. The first-order valence-corrected chi connectivity index (χ1v) is 4.63. The number of ether oxygens (including phenoxy) is 1. The second-order valence-corrected chi connectivity index (χ2v) is 3.49. The Hall–Kier alpha value is -0.770. The van der Waals surface area contributed by atoms with Gasteiger partial charge in [0.1, 0.15) is 11.9 Å². The zero-order valence-electron chi connectivity index (χ0n) is 8.07. The molecule has 0 aliphatic heterocycles. The van der Waals surface area contributed by atoms with Crippen LogP contribution in [0.4, 0.5) is 0 Å². The molecule has 0 radical (unpaired) electrons. The molecule has 0 spiro atoms.